The molecule has 0 saturated carbocycles. The quantitative estimate of drug-likeness (QED) is 0.848. The molecule has 7 heteroatoms. The highest BCUT2D eigenvalue weighted by Gasteiger charge is 2.29. The van der Waals surface area contributed by atoms with Gasteiger partial charge in [0.05, 0.1) is 18.4 Å². The highest BCUT2D eigenvalue weighted by molar-refractivity contribution is 5.80. The van der Waals surface area contributed by atoms with E-state index in [2.05, 4.69) is 5.32 Å². The number of urea groups is 1. The monoisotopic (exact) mass is 347 g/mol. The predicted molar refractivity (Wildman–Crippen MR) is 93.0 cm³/mol. The molecular weight excluding hydrogens is 322 g/mol. The number of nitrogens with one attached hydrogen (secondary N) is 1. The molecule has 0 aromatic heterocycles. The van der Waals surface area contributed by atoms with Crippen molar-refractivity contribution < 1.29 is 19.5 Å². The Kier molecular flexibility index (Phi) is 6.38. The van der Waals surface area contributed by atoms with Gasteiger partial charge in [-0.25, -0.2) is 4.79 Å². The van der Waals surface area contributed by atoms with Crippen molar-refractivity contribution in [2.24, 2.45) is 5.92 Å². The number of aliphatic carboxylic acids is 1. The lowest BCUT2D eigenvalue weighted by Gasteiger charge is -2.32. The summed E-state index contributed by atoms with van der Waals surface area (Å²) in [4.78, 5) is 38.9. The molecule has 1 heterocycles. The summed E-state index contributed by atoms with van der Waals surface area (Å²) in [5.41, 5.74) is 0.845. The van der Waals surface area contributed by atoms with E-state index in [4.69, 9.17) is 5.11 Å². The zero-order chi connectivity index (χ0) is 18.4. The summed E-state index contributed by atoms with van der Waals surface area (Å²) in [5, 5.41) is 12.1. The molecule has 2 rings (SSSR count). The lowest BCUT2D eigenvalue weighted by atomic mass is 9.98. The van der Waals surface area contributed by atoms with E-state index in [1.54, 1.807) is 14.1 Å². The number of hydrogen-bond acceptors (Lipinski definition) is 3. The standard InChI is InChI=1S/C18H25N3O4/c1-20(2)16(22)11-15(13-7-4-3-5-8-13)19-18(25)21-10-6-9-14(12-21)17(23)24/h3-5,7-8,14-15H,6,9-12H2,1-2H3,(H,19,25)(H,23,24). The van der Waals surface area contributed by atoms with Crippen molar-refractivity contribution in [1.29, 1.82) is 0 Å². The van der Waals surface area contributed by atoms with Crippen LogP contribution in [0.4, 0.5) is 4.79 Å². The van der Waals surface area contributed by atoms with Crippen molar-refractivity contribution >= 4 is 17.9 Å². The van der Waals surface area contributed by atoms with Gasteiger partial charge in [0, 0.05) is 27.2 Å². The molecule has 1 aliphatic heterocycles. The van der Waals surface area contributed by atoms with Crippen molar-refractivity contribution in [3.05, 3.63) is 35.9 Å². The van der Waals surface area contributed by atoms with Gasteiger partial charge >= 0.3 is 12.0 Å². The molecule has 0 spiro atoms. The second-order valence-electron chi connectivity index (χ2n) is 6.53. The summed E-state index contributed by atoms with van der Waals surface area (Å²) in [6, 6.07) is 8.54. The number of carbonyl (C=O) groups is 3. The van der Waals surface area contributed by atoms with Gasteiger partial charge in [-0.1, -0.05) is 30.3 Å². The van der Waals surface area contributed by atoms with E-state index in [0.29, 0.717) is 19.4 Å². The van der Waals surface area contributed by atoms with Gasteiger partial charge in [-0.05, 0) is 18.4 Å². The topological polar surface area (TPSA) is 90.0 Å². The van der Waals surface area contributed by atoms with Crippen LogP contribution in [0.5, 0.6) is 0 Å². The van der Waals surface area contributed by atoms with Crippen molar-refractivity contribution in [2.45, 2.75) is 25.3 Å². The predicted octanol–water partition coefficient (Wildman–Crippen LogP) is 1.71. The average molecular weight is 347 g/mol. The smallest absolute Gasteiger partial charge is 0.317 e. The first-order valence-corrected chi connectivity index (χ1v) is 8.42. The highest BCUT2D eigenvalue weighted by atomic mass is 16.4. The fourth-order valence-corrected chi connectivity index (χ4v) is 2.90. The molecule has 1 aliphatic rings. The number of hydrogen-bond donors (Lipinski definition) is 2. The number of nitrogens with zero attached hydrogens (tertiary/aromatic N) is 2. The first-order valence-electron chi connectivity index (χ1n) is 8.42. The van der Waals surface area contributed by atoms with Gasteiger partial charge in [-0.15, -0.1) is 0 Å². The Balaban J connectivity index is 2.08. The van der Waals surface area contributed by atoms with E-state index in [9.17, 15) is 14.4 Å². The molecule has 1 aromatic rings. The van der Waals surface area contributed by atoms with Crippen LogP contribution in [0.25, 0.3) is 0 Å². The maximum absolute atomic E-state index is 12.6. The number of benzene rings is 1. The summed E-state index contributed by atoms with van der Waals surface area (Å²) in [6.07, 6.45) is 1.40. The fourth-order valence-electron chi connectivity index (χ4n) is 2.90. The molecule has 2 unspecified atom stereocenters. The lowest BCUT2D eigenvalue weighted by Crippen LogP contribution is -2.48. The number of amides is 3. The summed E-state index contributed by atoms with van der Waals surface area (Å²) < 4.78 is 0. The third kappa shape index (κ3) is 5.20. The normalized spacial score (nSPS) is 18.3. The van der Waals surface area contributed by atoms with Crippen molar-refractivity contribution in [2.75, 3.05) is 27.2 Å². The first-order chi connectivity index (χ1) is 11.9. The van der Waals surface area contributed by atoms with E-state index in [1.165, 1.54) is 9.80 Å². The van der Waals surface area contributed by atoms with E-state index < -0.39 is 17.9 Å². The van der Waals surface area contributed by atoms with Crippen LogP contribution in [0.1, 0.15) is 30.9 Å². The molecular formula is C18H25N3O4. The lowest BCUT2D eigenvalue weighted by molar-refractivity contribution is -0.143. The average Bonchev–Trinajstić information content (AvgIpc) is 2.61. The Morgan fingerprint density at radius 2 is 1.96 bits per heavy atom. The molecule has 2 N–H and O–H groups in total. The highest BCUT2D eigenvalue weighted by Crippen LogP contribution is 2.20. The van der Waals surface area contributed by atoms with Crippen LogP contribution in [-0.2, 0) is 9.59 Å². The molecule has 3 amide bonds. The molecule has 2 atom stereocenters. The van der Waals surface area contributed by atoms with Gasteiger partial charge in [0.1, 0.15) is 0 Å². The second-order valence-corrected chi connectivity index (χ2v) is 6.53. The van der Waals surface area contributed by atoms with Crippen molar-refractivity contribution in [3.8, 4) is 0 Å². The minimum atomic E-state index is -0.875. The van der Waals surface area contributed by atoms with Crippen LogP contribution in [0, 0.1) is 5.92 Å². The minimum Gasteiger partial charge on any atom is -0.481 e. The number of carbonyl (C=O) groups excluding carboxylic acids is 2. The first kappa shape index (κ1) is 18.8. The summed E-state index contributed by atoms with van der Waals surface area (Å²) in [6.45, 7) is 0.725. The van der Waals surface area contributed by atoms with Gasteiger partial charge in [0.2, 0.25) is 5.91 Å². The van der Waals surface area contributed by atoms with E-state index in [-0.39, 0.29) is 24.9 Å². The van der Waals surface area contributed by atoms with Gasteiger partial charge in [-0.3, -0.25) is 9.59 Å². The number of rotatable bonds is 5. The zero-order valence-corrected chi connectivity index (χ0v) is 14.6. The Hall–Kier alpha value is -2.57. The van der Waals surface area contributed by atoms with Gasteiger partial charge in [0.25, 0.3) is 0 Å². The van der Waals surface area contributed by atoms with E-state index in [0.717, 1.165) is 5.56 Å². The van der Waals surface area contributed by atoms with Crippen LogP contribution in [0.15, 0.2) is 30.3 Å². The van der Waals surface area contributed by atoms with Gasteiger partial charge in [-0.2, -0.15) is 0 Å². The molecule has 7 nitrogen and oxygen atoms in total. The summed E-state index contributed by atoms with van der Waals surface area (Å²) >= 11 is 0. The summed E-state index contributed by atoms with van der Waals surface area (Å²) in [7, 11) is 3.35. The zero-order valence-electron chi connectivity index (χ0n) is 14.6. The van der Waals surface area contributed by atoms with Crippen molar-refractivity contribution in [3.63, 3.8) is 0 Å². The maximum atomic E-state index is 12.6. The Morgan fingerprint density at radius 1 is 1.28 bits per heavy atom. The summed E-state index contributed by atoms with van der Waals surface area (Å²) in [5.74, 6) is -1.49. The van der Waals surface area contributed by atoms with Crippen LogP contribution in [0.3, 0.4) is 0 Å². The molecule has 136 valence electrons. The second kappa shape index (κ2) is 8.50. The van der Waals surface area contributed by atoms with Gasteiger partial charge in [0.15, 0.2) is 0 Å². The van der Waals surface area contributed by atoms with Crippen LogP contribution in [-0.4, -0.2) is 60.0 Å². The minimum absolute atomic E-state index is 0.0868. The number of piperidine rings is 1. The molecule has 0 bridgehead atoms. The molecule has 0 aliphatic carbocycles. The fraction of sp³-hybridized carbons (Fsp3) is 0.500. The third-order valence-corrected chi connectivity index (χ3v) is 4.44. The third-order valence-electron chi connectivity index (χ3n) is 4.44. The Morgan fingerprint density at radius 3 is 2.56 bits per heavy atom. The van der Waals surface area contributed by atoms with Crippen LogP contribution in [0.2, 0.25) is 0 Å². The molecule has 1 aromatic carbocycles. The molecule has 1 saturated heterocycles. The SMILES string of the molecule is CN(C)C(=O)CC(NC(=O)N1CCCC(C(=O)O)C1)c1ccccc1. The van der Waals surface area contributed by atoms with Crippen LogP contribution < -0.4 is 5.32 Å². The largest absolute Gasteiger partial charge is 0.481 e. The maximum Gasteiger partial charge on any atom is 0.317 e. The number of carboxylic acid groups (broad SMARTS) is 1. The number of likely N-dealkylation sites (tertiary alicyclic amines) is 1. The molecule has 1 fully saturated rings. The molecule has 25 heavy (non-hydrogen) atoms. The van der Waals surface area contributed by atoms with E-state index >= 15 is 0 Å². The Bertz CT molecular complexity index is 618. The van der Waals surface area contributed by atoms with Crippen LogP contribution >= 0.6 is 0 Å². The van der Waals surface area contributed by atoms with Crippen molar-refractivity contribution in [1.82, 2.24) is 15.1 Å². The number of carboxylic acids is 1. The van der Waals surface area contributed by atoms with Gasteiger partial charge < -0.3 is 20.2 Å². The Labute approximate surface area is 147 Å². The van der Waals surface area contributed by atoms with E-state index in [1.807, 2.05) is 30.3 Å². The molecule has 0 radical (unpaired) electrons.